The zero-order valence-corrected chi connectivity index (χ0v) is 12.8. The Morgan fingerprint density at radius 2 is 1.80 bits per heavy atom. The molecule has 0 aromatic heterocycles. The molecule has 0 spiro atoms. The molecule has 0 amide bonds. The van der Waals surface area contributed by atoms with Gasteiger partial charge in [-0.1, -0.05) is 54.4 Å². The molecule has 1 N–H and O–H groups in total. The minimum Gasteiger partial charge on any atom is -0.492 e. The van der Waals surface area contributed by atoms with E-state index in [1.807, 2.05) is 48.5 Å². The van der Waals surface area contributed by atoms with Crippen molar-refractivity contribution in [1.82, 2.24) is 5.32 Å². The van der Waals surface area contributed by atoms with Crippen LogP contribution in [-0.4, -0.2) is 13.2 Å². The summed E-state index contributed by atoms with van der Waals surface area (Å²) in [5, 5.41) is 4.52. The predicted octanol–water partition coefficient (Wildman–Crippen LogP) is 4.72. The van der Waals surface area contributed by atoms with E-state index in [1.54, 1.807) is 0 Å². The van der Waals surface area contributed by atoms with Crippen molar-refractivity contribution in [3.05, 3.63) is 64.1 Å². The van der Waals surface area contributed by atoms with E-state index in [0.717, 1.165) is 17.9 Å². The summed E-state index contributed by atoms with van der Waals surface area (Å²) in [7, 11) is 0. The Bertz CT molecular complexity index is 545. The molecule has 0 saturated carbocycles. The molecule has 1 unspecified atom stereocenters. The van der Waals surface area contributed by atoms with Gasteiger partial charge in [0.2, 0.25) is 0 Å². The van der Waals surface area contributed by atoms with Crippen LogP contribution in [0.15, 0.2) is 48.5 Å². The Morgan fingerprint density at radius 3 is 2.45 bits per heavy atom. The second kappa shape index (κ2) is 7.53. The van der Waals surface area contributed by atoms with Crippen LogP contribution < -0.4 is 10.1 Å². The van der Waals surface area contributed by atoms with Crippen LogP contribution in [0.4, 0.5) is 0 Å². The van der Waals surface area contributed by atoms with E-state index in [4.69, 9.17) is 27.9 Å². The molecule has 2 rings (SSSR count). The maximum Gasteiger partial charge on any atom is 0.119 e. The number of halogens is 2. The molecule has 106 valence electrons. The molecule has 0 aliphatic carbocycles. The molecular formula is C16H17Cl2NO. The fourth-order valence-electron chi connectivity index (χ4n) is 1.94. The highest BCUT2D eigenvalue weighted by Gasteiger charge is 2.12. The summed E-state index contributed by atoms with van der Waals surface area (Å²) < 4.78 is 5.81. The first kappa shape index (κ1) is 15.2. The highest BCUT2D eigenvalue weighted by Crippen LogP contribution is 2.26. The number of para-hydroxylation sites is 1. The average molecular weight is 310 g/mol. The molecule has 0 radical (unpaired) electrons. The van der Waals surface area contributed by atoms with E-state index >= 15 is 0 Å². The fraction of sp³-hybridized carbons (Fsp3) is 0.250. The van der Waals surface area contributed by atoms with Gasteiger partial charge in [0, 0.05) is 0 Å². The number of likely N-dealkylation sites (N-methyl/N-ethyl adjacent to an activating group) is 1. The van der Waals surface area contributed by atoms with Gasteiger partial charge in [-0.25, -0.2) is 0 Å². The lowest BCUT2D eigenvalue weighted by Gasteiger charge is -2.19. The number of rotatable bonds is 6. The van der Waals surface area contributed by atoms with Crippen LogP contribution in [0.1, 0.15) is 18.5 Å². The lowest BCUT2D eigenvalue weighted by atomic mass is 10.1. The van der Waals surface area contributed by atoms with E-state index in [9.17, 15) is 0 Å². The molecule has 2 aromatic rings. The number of nitrogens with one attached hydrogen (secondary N) is 1. The Hall–Kier alpha value is -1.22. The van der Waals surface area contributed by atoms with E-state index in [1.165, 1.54) is 0 Å². The van der Waals surface area contributed by atoms with E-state index in [2.05, 4.69) is 12.2 Å². The van der Waals surface area contributed by atoms with Gasteiger partial charge in [0.1, 0.15) is 12.4 Å². The third kappa shape index (κ3) is 4.14. The van der Waals surface area contributed by atoms with Crippen LogP contribution >= 0.6 is 23.2 Å². The van der Waals surface area contributed by atoms with E-state index in [0.29, 0.717) is 16.7 Å². The zero-order valence-electron chi connectivity index (χ0n) is 11.3. The number of ether oxygens (including phenoxy) is 1. The maximum atomic E-state index is 6.07. The smallest absolute Gasteiger partial charge is 0.119 e. The Kier molecular flexibility index (Phi) is 5.72. The minimum absolute atomic E-state index is 0.0787. The topological polar surface area (TPSA) is 21.3 Å². The van der Waals surface area contributed by atoms with Gasteiger partial charge in [0.25, 0.3) is 0 Å². The average Bonchev–Trinajstić information content (AvgIpc) is 2.47. The summed E-state index contributed by atoms with van der Waals surface area (Å²) in [5.41, 5.74) is 1.07. The number of hydrogen-bond acceptors (Lipinski definition) is 2. The molecule has 2 aromatic carbocycles. The third-order valence-corrected chi connectivity index (χ3v) is 3.70. The second-order valence-corrected chi connectivity index (χ2v) is 5.22. The summed E-state index contributed by atoms with van der Waals surface area (Å²) in [4.78, 5) is 0. The first-order chi connectivity index (χ1) is 9.70. The van der Waals surface area contributed by atoms with Gasteiger partial charge < -0.3 is 10.1 Å². The standard InChI is InChI=1S/C16H17Cl2NO/c1-2-19-16(11-20-13-6-4-3-5-7-13)12-8-9-14(17)15(18)10-12/h3-10,16,19H,2,11H2,1H3. The zero-order chi connectivity index (χ0) is 14.4. The monoisotopic (exact) mass is 309 g/mol. The molecule has 0 bridgehead atoms. The van der Waals surface area contributed by atoms with Crippen molar-refractivity contribution in [2.45, 2.75) is 13.0 Å². The van der Waals surface area contributed by atoms with Crippen molar-refractivity contribution < 1.29 is 4.74 Å². The molecule has 0 saturated heterocycles. The molecule has 1 atom stereocenters. The fourth-order valence-corrected chi connectivity index (χ4v) is 2.25. The lowest BCUT2D eigenvalue weighted by molar-refractivity contribution is 0.268. The molecule has 0 heterocycles. The summed E-state index contributed by atoms with van der Waals surface area (Å²) in [6, 6.07) is 15.5. The third-order valence-electron chi connectivity index (χ3n) is 2.96. The van der Waals surface area contributed by atoms with Crippen molar-refractivity contribution in [2.24, 2.45) is 0 Å². The summed E-state index contributed by atoms with van der Waals surface area (Å²) in [6.45, 7) is 3.45. The normalized spacial score (nSPS) is 12.2. The van der Waals surface area contributed by atoms with Gasteiger partial charge in [-0.15, -0.1) is 0 Å². The Morgan fingerprint density at radius 1 is 1.05 bits per heavy atom. The summed E-state index contributed by atoms with van der Waals surface area (Å²) >= 11 is 12.0. The van der Waals surface area contributed by atoms with Crippen LogP contribution in [0.5, 0.6) is 5.75 Å². The highest BCUT2D eigenvalue weighted by molar-refractivity contribution is 6.42. The van der Waals surface area contributed by atoms with Crippen molar-refractivity contribution in [1.29, 1.82) is 0 Å². The number of hydrogen-bond donors (Lipinski definition) is 1. The van der Waals surface area contributed by atoms with Gasteiger partial charge in [-0.3, -0.25) is 0 Å². The van der Waals surface area contributed by atoms with Crippen molar-refractivity contribution in [3.8, 4) is 5.75 Å². The molecule has 20 heavy (non-hydrogen) atoms. The van der Waals surface area contributed by atoms with Gasteiger partial charge >= 0.3 is 0 Å². The lowest BCUT2D eigenvalue weighted by Crippen LogP contribution is -2.26. The predicted molar refractivity (Wildman–Crippen MR) is 84.8 cm³/mol. The van der Waals surface area contributed by atoms with Crippen LogP contribution in [-0.2, 0) is 0 Å². The Labute approximate surface area is 129 Å². The minimum atomic E-state index is 0.0787. The molecule has 4 heteroatoms. The summed E-state index contributed by atoms with van der Waals surface area (Å²) in [6.07, 6.45) is 0. The van der Waals surface area contributed by atoms with E-state index in [-0.39, 0.29) is 6.04 Å². The van der Waals surface area contributed by atoms with Crippen molar-refractivity contribution >= 4 is 23.2 Å². The second-order valence-electron chi connectivity index (χ2n) is 4.41. The molecule has 0 fully saturated rings. The quantitative estimate of drug-likeness (QED) is 0.833. The van der Waals surface area contributed by atoms with Crippen molar-refractivity contribution in [3.63, 3.8) is 0 Å². The SMILES string of the molecule is CCNC(COc1ccccc1)c1ccc(Cl)c(Cl)c1. The largest absolute Gasteiger partial charge is 0.492 e. The van der Waals surface area contributed by atoms with Gasteiger partial charge in [-0.2, -0.15) is 0 Å². The van der Waals surface area contributed by atoms with Crippen LogP contribution in [0.25, 0.3) is 0 Å². The van der Waals surface area contributed by atoms with Crippen molar-refractivity contribution in [2.75, 3.05) is 13.2 Å². The van der Waals surface area contributed by atoms with Gasteiger partial charge in [-0.05, 0) is 36.4 Å². The molecule has 2 nitrogen and oxygen atoms in total. The Balaban J connectivity index is 2.08. The molecule has 0 aliphatic heterocycles. The van der Waals surface area contributed by atoms with Crippen LogP contribution in [0, 0.1) is 0 Å². The first-order valence-corrected chi connectivity index (χ1v) is 7.32. The van der Waals surface area contributed by atoms with Crippen LogP contribution in [0.2, 0.25) is 10.0 Å². The van der Waals surface area contributed by atoms with Crippen LogP contribution in [0.3, 0.4) is 0 Å². The maximum absolute atomic E-state index is 6.07. The first-order valence-electron chi connectivity index (χ1n) is 6.57. The summed E-state index contributed by atoms with van der Waals surface area (Å²) in [5.74, 6) is 0.857. The van der Waals surface area contributed by atoms with E-state index < -0.39 is 0 Å². The van der Waals surface area contributed by atoms with Gasteiger partial charge in [0.15, 0.2) is 0 Å². The molecular weight excluding hydrogens is 293 g/mol. The highest BCUT2D eigenvalue weighted by atomic mass is 35.5. The van der Waals surface area contributed by atoms with Gasteiger partial charge in [0.05, 0.1) is 16.1 Å². The molecule has 0 aliphatic rings. The number of benzene rings is 2.